The Balaban J connectivity index is 2.13. The lowest BCUT2D eigenvalue weighted by Gasteiger charge is -2.08. The van der Waals surface area contributed by atoms with Crippen LogP contribution in [0.1, 0.15) is 17.0 Å². The molecule has 0 atom stereocenters. The number of halogens is 1. The van der Waals surface area contributed by atoms with Crippen LogP contribution in [-0.4, -0.2) is 4.57 Å². The van der Waals surface area contributed by atoms with E-state index in [1.807, 2.05) is 18.2 Å². The van der Waals surface area contributed by atoms with Crippen LogP contribution in [0.15, 0.2) is 34.8 Å². The molecule has 90 valence electrons. The Morgan fingerprint density at radius 3 is 2.53 bits per heavy atom. The van der Waals surface area contributed by atoms with E-state index in [9.17, 15) is 0 Å². The summed E-state index contributed by atoms with van der Waals surface area (Å²) in [6.07, 6.45) is 0. The maximum absolute atomic E-state index is 3.54. The number of nitrogens with one attached hydrogen (secondary N) is 1. The van der Waals surface area contributed by atoms with Crippen molar-refractivity contribution in [3.05, 3.63) is 51.8 Å². The van der Waals surface area contributed by atoms with E-state index in [2.05, 4.69) is 58.8 Å². The van der Waals surface area contributed by atoms with Crippen molar-refractivity contribution in [1.82, 2.24) is 4.57 Å². The van der Waals surface area contributed by atoms with Crippen LogP contribution in [0.3, 0.4) is 0 Å². The number of hydrogen-bond donors (Lipinski definition) is 1. The number of anilines is 1. The van der Waals surface area contributed by atoms with E-state index >= 15 is 0 Å². The summed E-state index contributed by atoms with van der Waals surface area (Å²) < 4.78 is 3.32. The Kier molecular flexibility index (Phi) is 3.57. The van der Waals surface area contributed by atoms with Crippen LogP contribution in [0.25, 0.3) is 0 Å². The molecule has 0 bridgehead atoms. The van der Waals surface area contributed by atoms with E-state index in [-0.39, 0.29) is 0 Å². The van der Waals surface area contributed by atoms with Crippen LogP contribution in [0.4, 0.5) is 5.69 Å². The third-order valence-electron chi connectivity index (χ3n) is 3.22. The average Bonchev–Trinajstić information content (AvgIpc) is 2.56. The molecule has 0 spiro atoms. The van der Waals surface area contributed by atoms with Gasteiger partial charge in [-0.3, -0.25) is 0 Å². The highest BCUT2D eigenvalue weighted by atomic mass is 79.9. The molecular formula is C14H17BrN2. The molecule has 2 nitrogen and oxygen atoms in total. The molecule has 1 N–H and O–H groups in total. The van der Waals surface area contributed by atoms with Gasteiger partial charge >= 0.3 is 0 Å². The fourth-order valence-electron chi connectivity index (χ4n) is 1.91. The fourth-order valence-corrected chi connectivity index (χ4v) is 2.33. The van der Waals surface area contributed by atoms with Crippen LogP contribution in [-0.2, 0) is 13.6 Å². The lowest BCUT2D eigenvalue weighted by molar-refractivity contribution is 0.837. The molecule has 1 aromatic heterocycles. The number of nitrogens with zero attached hydrogens (tertiary/aromatic N) is 1. The topological polar surface area (TPSA) is 17.0 Å². The highest BCUT2D eigenvalue weighted by Gasteiger charge is 2.06. The number of para-hydroxylation sites is 1. The van der Waals surface area contributed by atoms with Crippen LogP contribution in [0.5, 0.6) is 0 Å². The summed E-state index contributed by atoms with van der Waals surface area (Å²) in [5.74, 6) is 0. The molecule has 2 rings (SSSR count). The summed E-state index contributed by atoms with van der Waals surface area (Å²) in [4.78, 5) is 0. The number of rotatable bonds is 3. The first-order valence-corrected chi connectivity index (χ1v) is 6.49. The van der Waals surface area contributed by atoms with E-state index in [0.29, 0.717) is 0 Å². The first-order chi connectivity index (χ1) is 8.09. The first-order valence-electron chi connectivity index (χ1n) is 5.70. The molecule has 2 aromatic rings. The van der Waals surface area contributed by atoms with Crippen LogP contribution >= 0.6 is 15.9 Å². The molecular weight excluding hydrogens is 276 g/mol. The summed E-state index contributed by atoms with van der Waals surface area (Å²) >= 11 is 3.54. The fraction of sp³-hybridized carbons (Fsp3) is 0.286. The Hall–Kier alpha value is -1.22. The van der Waals surface area contributed by atoms with Gasteiger partial charge in [0.2, 0.25) is 0 Å². The average molecular weight is 293 g/mol. The third kappa shape index (κ3) is 2.55. The summed E-state index contributed by atoms with van der Waals surface area (Å²) in [5.41, 5.74) is 5.10. The number of aromatic nitrogens is 1. The smallest absolute Gasteiger partial charge is 0.0487 e. The normalized spacial score (nSPS) is 10.6. The van der Waals surface area contributed by atoms with Crippen LogP contribution in [0, 0.1) is 13.8 Å². The third-order valence-corrected chi connectivity index (χ3v) is 3.91. The van der Waals surface area contributed by atoms with E-state index in [1.165, 1.54) is 17.0 Å². The lowest BCUT2D eigenvalue weighted by Crippen LogP contribution is -2.01. The maximum Gasteiger partial charge on any atom is 0.0487 e. The Morgan fingerprint density at radius 2 is 1.94 bits per heavy atom. The monoisotopic (exact) mass is 292 g/mol. The minimum Gasteiger partial charge on any atom is -0.380 e. The van der Waals surface area contributed by atoms with Crippen LogP contribution < -0.4 is 5.32 Å². The van der Waals surface area contributed by atoms with Crippen molar-refractivity contribution in [1.29, 1.82) is 0 Å². The van der Waals surface area contributed by atoms with E-state index in [0.717, 1.165) is 16.7 Å². The minimum absolute atomic E-state index is 0.857. The predicted molar refractivity (Wildman–Crippen MR) is 76.4 cm³/mol. The molecule has 0 aliphatic heterocycles. The van der Waals surface area contributed by atoms with Gasteiger partial charge in [-0.05, 0) is 53.5 Å². The van der Waals surface area contributed by atoms with Gasteiger partial charge in [0.25, 0.3) is 0 Å². The highest BCUT2D eigenvalue weighted by Crippen LogP contribution is 2.22. The number of aryl methyl sites for hydroxylation is 1. The van der Waals surface area contributed by atoms with Gasteiger partial charge in [0, 0.05) is 35.1 Å². The zero-order chi connectivity index (χ0) is 12.4. The van der Waals surface area contributed by atoms with Crippen molar-refractivity contribution < 1.29 is 0 Å². The largest absolute Gasteiger partial charge is 0.380 e. The molecule has 0 aliphatic rings. The molecule has 0 saturated carbocycles. The Morgan fingerprint density at radius 1 is 1.24 bits per heavy atom. The van der Waals surface area contributed by atoms with Crippen molar-refractivity contribution in [2.45, 2.75) is 20.4 Å². The first kappa shape index (κ1) is 12.2. The summed E-state index contributed by atoms with van der Waals surface area (Å²) in [7, 11) is 2.10. The molecule has 1 heterocycles. The molecule has 0 fully saturated rings. The number of hydrogen-bond acceptors (Lipinski definition) is 1. The van der Waals surface area contributed by atoms with E-state index in [4.69, 9.17) is 0 Å². The molecule has 1 aromatic carbocycles. The minimum atomic E-state index is 0.857. The van der Waals surface area contributed by atoms with Crippen LogP contribution in [0.2, 0.25) is 0 Å². The van der Waals surface area contributed by atoms with E-state index < -0.39 is 0 Å². The molecule has 17 heavy (non-hydrogen) atoms. The second-order valence-electron chi connectivity index (χ2n) is 4.29. The van der Waals surface area contributed by atoms with Gasteiger partial charge in [-0.15, -0.1) is 0 Å². The van der Waals surface area contributed by atoms with Crippen molar-refractivity contribution in [3.8, 4) is 0 Å². The highest BCUT2D eigenvalue weighted by molar-refractivity contribution is 9.10. The van der Waals surface area contributed by atoms with E-state index in [1.54, 1.807) is 0 Å². The maximum atomic E-state index is 3.54. The quantitative estimate of drug-likeness (QED) is 0.904. The SMILES string of the molecule is Cc1cc(CNc2ccccc2Br)c(C)n1C. The van der Waals surface area contributed by atoms with Gasteiger partial charge in [-0.25, -0.2) is 0 Å². The zero-order valence-corrected chi connectivity index (χ0v) is 12.0. The molecule has 3 heteroatoms. The standard InChI is InChI=1S/C14H17BrN2/c1-10-8-12(11(2)17(10)3)9-16-14-7-5-4-6-13(14)15/h4-8,16H,9H2,1-3H3. The summed E-state index contributed by atoms with van der Waals surface area (Å²) in [5, 5.41) is 3.45. The lowest BCUT2D eigenvalue weighted by atomic mass is 10.2. The predicted octanol–water partition coefficient (Wildman–Crippen LogP) is 4.02. The summed E-state index contributed by atoms with van der Waals surface area (Å²) in [6, 6.07) is 10.4. The van der Waals surface area contributed by atoms with Gasteiger partial charge in [-0.1, -0.05) is 12.1 Å². The zero-order valence-electron chi connectivity index (χ0n) is 10.4. The van der Waals surface area contributed by atoms with Crippen molar-refractivity contribution in [2.75, 3.05) is 5.32 Å². The molecule has 0 aliphatic carbocycles. The van der Waals surface area contributed by atoms with Crippen molar-refractivity contribution >= 4 is 21.6 Å². The Labute approximate surface area is 111 Å². The summed E-state index contributed by atoms with van der Waals surface area (Å²) in [6.45, 7) is 5.15. The Bertz CT molecular complexity index is 529. The van der Waals surface area contributed by atoms with Crippen molar-refractivity contribution in [2.24, 2.45) is 7.05 Å². The van der Waals surface area contributed by atoms with Crippen molar-refractivity contribution in [3.63, 3.8) is 0 Å². The van der Waals surface area contributed by atoms with Gasteiger partial charge in [0.15, 0.2) is 0 Å². The number of benzene rings is 1. The molecule has 0 amide bonds. The van der Waals surface area contributed by atoms with Gasteiger partial charge < -0.3 is 9.88 Å². The second-order valence-corrected chi connectivity index (χ2v) is 5.14. The van der Waals surface area contributed by atoms with Gasteiger partial charge in [0.1, 0.15) is 0 Å². The molecule has 0 unspecified atom stereocenters. The molecule has 0 radical (unpaired) electrons. The van der Waals surface area contributed by atoms with Gasteiger partial charge in [0.05, 0.1) is 0 Å². The molecule has 0 saturated heterocycles. The second kappa shape index (κ2) is 4.96. The van der Waals surface area contributed by atoms with Gasteiger partial charge in [-0.2, -0.15) is 0 Å².